The van der Waals surface area contributed by atoms with Crippen LogP contribution in [0.25, 0.3) is 0 Å². The van der Waals surface area contributed by atoms with E-state index >= 15 is 0 Å². The Morgan fingerprint density at radius 1 is 1.17 bits per heavy atom. The highest BCUT2D eigenvalue weighted by Gasteiger charge is 2.37. The van der Waals surface area contributed by atoms with E-state index in [0.717, 1.165) is 24.3 Å². The summed E-state index contributed by atoms with van der Waals surface area (Å²) in [4.78, 5) is 2.62. The Kier molecular flexibility index (Phi) is 4.71. The average Bonchev–Trinajstić information content (AvgIpc) is 2.34. The highest BCUT2D eigenvalue weighted by molar-refractivity contribution is 4.89. The van der Waals surface area contributed by atoms with E-state index in [9.17, 15) is 5.11 Å². The topological polar surface area (TPSA) is 23.5 Å². The van der Waals surface area contributed by atoms with E-state index < -0.39 is 0 Å². The fraction of sp³-hybridized carbons (Fsp3) is 1.00. The van der Waals surface area contributed by atoms with Crippen LogP contribution in [0.2, 0.25) is 0 Å². The third kappa shape index (κ3) is 3.27. The van der Waals surface area contributed by atoms with Gasteiger partial charge in [0.1, 0.15) is 0 Å². The predicted octanol–water partition coefficient (Wildman–Crippen LogP) is 3.15. The number of rotatable bonds is 3. The maximum atomic E-state index is 9.88. The molecule has 1 aliphatic carbocycles. The summed E-state index contributed by atoms with van der Waals surface area (Å²) < 4.78 is 0. The second-order valence-corrected chi connectivity index (χ2v) is 7.34. The van der Waals surface area contributed by atoms with Gasteiger partial charge in [0.15, 0.2) is 0 Å². The summed E-state index contributed by atoms with van der Waals surface area (Å²) in [5.74, 6) is 2.49. The van der Waals surface area contributed by atoms with Crippen LogP contribution < -0.4 is 0 Å². The first-order valence-corrected chi connectivity index (χ1v) is 7.88. The van der Waals surface area contributed by atoms with Gasteiger partial charge >= 0.3 is 0 Å². The van der Waals surface area contributed by atoms with Gasteiger partial charge in [-0.3, -0.25) is 0 Å². The van der Waals surface area contributed by atoms with Gasteiger partial charge in [0.05, 0.1) is 0 Å². The van der Waals surface area contributed by atoms with E-state index in [1.54, 1.807) is 0 Å². The summed E-state index contributed by atoms with van der Waals surface area (Å²) in [6, 6.07) is 0. The number of nitrogens with zero attached hydrogens (tertiary/aromatic N) is 1. The van der Waals surface area contributed by atoms with Crippen molar-refractivity contribution in [2.75, 3.05) is 26.2 Å². The van der Waals surface area contributed by atoms with Crippen molar-refractivity contribution < 1.29 is 5.11 Å². The van der Waals surface area contributed by atoms with Crippen LogP contribution in [0.5, 0.6) is 0 Å². The van der Waals surface area contributed by atoms with Crippen molar-refractivity contribution in [2.24, 2.45) is 23.2 Å². The zero-order valence-electron chi connectivity index (χ0n) is 12.5. The van der Waals surface area contributed by atoms with Crippen LogP contribution >= 0.6 is 0 Å². The molecule has 0 aromatic heterocycles. The second kappa shape index (κ2) is 5.92. The third-order valence-corrected chi connectivity index (χ3v) is 5.50. The molecule has 0 aromatic rings. The van der Waals surface area contributed by atoms with Gasteiger partial charge < -0.3 is 10.0 Å². The van der Waals surface area contributed by atoms with E-state index in [0.29, 0.717) is 6.61 Å². The number of likely N-dealkylation sites (tertiary alicyclic amines) is 1. The molecular formula is C16H31NO. The molecule has 0 aromatic carbocycles. The third-order valence-electron chi connectivity index (χ3n) is 5.50. The van der Waals surface area contributed by atoms with Crippen LogP contribution in [0.15, 0.2) is 0 Å². The standard InChI is InChI=1S/C16H31NO/c1-13-5-4-7-16(9-13,12-18)11-17-8-6-14(2)15(3)10-17/h13-15,18H,4-12H2,1-3H3. The van der Waals surface area contributed by atoms with Crippen LogP contribution in [0.1, 0.15) is 52.9 Å². The number of piperidine rings is 1. The van der Waals surface area contributed by atoms with Gasteiger partial charge in [0.25, 0.3) is 0 Å². The highest BCUT2D eigenvalue weighted by atomic mass is 16.3. The summed E-state index contributed by atoms with van der Waals surface area (Å²) in [6.07, 6.45) is 6.45. The predicted molar refractivity (Wildman–Crippen MR) is 76.5 cm³/mol. The lowest BCUT2D eigenvalue weighted by molar-refractivity contribution is 0.00597. The van der Waals surface area contributed by atoms with Crippen molar-refractivity contribution in [1.82, 2.24) is 4.90 Å². The van der Waals surface area contributed by atoms with Crippen LogP contribution in [-0.2, 0) is 0 Å². The summed E-state index contributed by atoms with van der Waals surface area (Å²) in [5.41, 5.74) is 0.206. The molecule has 2 heteroatoms. The molecular weight excluding hydrogens is 222 g/mol. The van der Waals surface area contributed by atoms with Crippen molar-refractivity contribution in [3.63, 3.8) is 0 Å². The summed E-state index contributed by atoms with van der Waals surface area (Å²) >= 11 is 0. The van der Waals surface area contributed by atoms with Gasteiger partial charge in [-0.15, -0.1) is 0 Å². The zero-order chi connectivity index (χ0) is 13.2. The molecule has 4 atom stereocenters. The largest absolute Gasteiger partial charge is 0.396 e. The minimum absolute atomic E-state index is 0.206. The second-order valence-electron chi connectivity index (χ2n) is 7.34. The van der Waals surface area contributed by atoms with Crippen LogP contribution in [0.3, 0.4) is 0 Å². The summed E-state index contributed by atoms with van der Waals surface area (Å²) in [6.45, 7) is 11.1. The molecule has 0 amide bonds. The number of aliphatic hydroxyl groups excluding tert-OH is 1. The van der Waals surface area contributed by atoms with Crippen LogP contribution in [0, 0.1) is 23.2 Å². The fourth-order valence-electron chi connectivity index (χ4n) is 4.07. The Bertz CT molecular complexity index is 268. The summed E-state index contributed by atoms with van der Waals surface area (Å²) in [7, 11) is 0. The molecule has 0 bridgehead atoms. The monoisotopic (exact) mass is 253 g/mol. The maximum Gasteiger partial charge on any atom is 0.0499 e. The first kappa shape index (κ1) is 14.3. The van der Waals surface area contributed by atoms with E-state index in [1.165, 1.54) is 45.2 Å². The molecule has 1 heterocycles. The van der Waals surface area contributed by atoms with E-state index in [1.807, 2.05) is 0 Å². The van der Waals surface area contributed by atoms with Crippen molar-refractivity contribution in [2.45, 2.75) is 52.9 Å². The van der Waals surface area contributed by atoms with Crippen molar-refractivity contribution in [1.29, 1.82) is 0 Å². The molecule has 0 spiro atoms. The van der Waals surface area contributed by atoms with Gasteiger partial charge in [0.2, 0.25) is 0 Å². The SMILES string of the molecule is CC1CCCC(CO)(CN2CCC(C)C(C)C2)C1. The Hall–Kier alpha value is -0.0800. The molecule has 2 rings (SSSR count). The number of hydrogen-bond acceptors (Lipinski definition) is 2. The van der Waals surface area contributed by atoms with Crippen molar-refractivity contribution in [3.8, 4) is 0 Å². The Labute approximate surface area is 113 Å². The molecule has 18 heavy (non-hydrogen) atoms. The molecule has 1 saturated heterocycles. The quantitative estimate of drug-likeness (QED) is 0.835. The van der Waals surface area contributed by atoms with Gasteiger partial charge in [0, 0.05) is 25.1 Å². The smallest absolute Gasteiger partial charge is 0.0499 e. The van der Waals surface area contributed by atoms with Gasteiger partial charge in [-0.05, 0) is 43.6 Å². The van der Waals surface area contributed by atoms with Crippen LogP contribution in [-0.4, -0.2) is 36.2 Å². The lowest BCUT2D eigenvalue weighted by Crippen LogP contribution is -2.47. The van der Waals surface area contributed by atoms with Gasteiger partial charge in [-0.2, -0.15) is 0 Å². The molecule has 2 fully saturated rings. The normalized spacial score (nSPS) is 43.0. The Balaban J connectivity index is 1.93. The average molecular weight is 253 g/mol. The molecule has 2 aliphatic rings. The Morgan fingerprint density at radius 3 is 2.56 bits per heavy atom. The number of aliphatic hydroxyl groups is 1. The molecule has 1 saturated carbocycles. The van der Waals surface area contributed by atoms with E-state index in [2.05, 4.69) is 25.7 Å². The van der Waals surface area contributed by atoms with E-state index in [4.69, 9.17) is 0 Å². The molecule has 0 radical (unpaired) electrons. The molecule has 1 aliphatic heterocycles. The minimum Gasteiger partial charge on any atom is -0.396 e. The first-order valence-electron chi connectivity index (χ1n) is 7.88. The maximum absolute atomic E-state index is 9.88. The molecule has 106 valence electrons. The van der Waals surface area contributed by atoms with Gasteiger partial charge in [-0.1, -0.05) is 33.6 Å². The minimum atomic E-state index is 0.206. The summed E-state index contributed by atoms with van der Waals surface area (Å²) in [5, 5.41) is 9.88. The van der Waals surface area contributed by atoms with Crippen molar-refractivity contribution >= 4 is 0 Å². The number of hydrogen-bond donors (Lipinski definition) is 1. The van der Waals surface area contributed by atoms with Gasteiger partial charge in [-0.25, -0.2) is 0 Å². The first-order chi connectivity index (χ1) is 8.54. The zero-order valence-corrected chi connectivity index (χ0v) is 12.5. The highest BCUT2D eigenvalue weighted by Crippen LogP contribution is 2.40. The molecule has 4 unspecified atom stereocenters. The lowest BCUT2D eigenvalue weighted by atomic mass is 9.70. The Morgan fingerprint density at radius 2 is 1.94 bits per heavy atom. The lowest BCUT2D eigenvalue weighted by Gasteiger charge is -2.45. The molecule has 2 nitrogen and oxygen atoms in total. The van der Waals surface area contributed by atoms with E-state index in [-0.39, 0.29) is 5.41 Å². The molecule has 1 N–H and O–H groups in total. The van der Waals surface area contributed by atoms with Crippen molar-refractivity contribution in [3.05, 3.63) is 0 Å². The van der Waals surface area contributed by atoms with Crippen LogP contribution in [0.4, 0.5) is 0 Å². The fourth-order valence-corrected chi connectivity index (χ4v) is 4.07.